The van der Waals surface area contributed by atoms with Gasteiger partial charge in [-0.25, -0.2) is 8.78 Å². The van der Waals surface area contributed by atoms with E-state index in [0.29, 0.717) is 6.07 Å². The number of hydrogen-bond acceptors (Lipinski definition) is 1. The fraction of sp³-hybridized carbons (Fsp3) is 0.400. The van der Waals surface area contributed by atoms with Gasteiger partial charge in [-0.2, -0.15) is 13.2 Å². The molecule has 0 aliphatic heterocycles. The van der Waals surface area contributed by atoms with Crippen molar-refractivity contribution >= 4 is 11.6 Å². The van der Waals surface area contributed by atoms with Gasteiger partial charge in [0, 0.05) is 6.42 Å². The summed E-state index contributed by atoms with van der Waals surface area (Å²) in [6, 6.07) is 2.54. The van der Waals surface area contributed by atoms with Gasteiger partial charge in [-0.1, -0.05) is 17.7 Å². The molecule has 0 saturated heterocycles. The molecule has 0 aliphatic carbocycles. The second-order valence-corrected chi connectivity index (χ2v) is 3.96. The van der Waals surface area contributed by atoms with Gasteiger partial charge in [0.1, 0.15) is 0 Å². The standard InChI is InChI=1S/C10H9ClF5N/c11-8-3-6(4-9(12,13)5-17)1-2-7(8)10(14,15)16/h1-3H,4-5,17H2. The first-order chi connectivity index (χ1) is 7.65. The van der Waals surface area contributed by atoms with Gasteiger partial charge < -0.3 is 5.73 Å². The van der Waals surface area contributed by atoms with E-state index in [0.717, 1.165) is 12.1 Å². The maximum Gasteiger partial charge on any atom is 0.417 e. The minimum absolute atomic E-state index is 0.0125. The molecule has 17 heavy (non-hydrogen) atoms. The van der Waals surface area contributed by atoms with Crippen molar-refractivity contribution in [3.63, 3.8) is 0 Å². The van der Waals surface area contributed by atoms with Crippen LogP contribution in [0.4, 0.5) is 22.0 Å². The van der Waals surface area contributed by atoms with Crippen molar-refractivity contribution in [3.8, 4) is 0 Å². The second-order valence-electron chi connectivity index (χ2n) is 3.55. The van der Waals surface area contributed by atoms with Gasteiger partial charge in [-0.15, -0.1) is 0 Å². The van der Waals surface area contributed by atoms with E-state index in [1.165, 1.54) is 0 Å². The second kappa shape index (κ2) is 4.78. The summed E-state index contributed by atoms with van der Waals surface area (Å²) in [5, 5.41) is -0.595. The van der Waals surface area contributed by atoms with Gasteiger partial charge >= 0.3 is 6.18 Å². The van der Waals surface area contributed by atoms with Crippen LogP contribution in [0.15, 0.2) is 18.2 Å². The van der Waals surface area contributed by atoms with Gasteiger partial charge in [0.2, 0.25) is 0 Å². The third-order valence-electron chi connectivity index (χ3n) is 2.10. The topological polar surface area (TPSA) is 26.0 Å². The van der Waals surface area contributed by atoms with Crippen LogP contribution in [0.3, 0.4) is 0 Å². The first kappa shape index (κ1) is 14.2. The van der Waals surface area contributed by atoms with Crippen molar-refractivity contribution in [2.45, 2.75) is 18.5 Å². The summed E-state index contributed by atoms with van der Waals surface area (Å²) in [6.45, 7) is -0.869. The van der Waals surface area contributed by atoms with Crippen molar-refractivity contribution in [3.05, 3.63) is 34.3 Å². The number of benzene rings is 1. The van der Waals surface area contributed by atoms with Crippen molar-refractivity contribution in [2.24, 2.45) is 5.73 Å². The molecule has 0 bridgehead atoms. The van der Waals surface area contributed by atoms with E-state index in [2.05, 4.69) is 0 Å². The molecule has 0 unspecified atom stereocenters. The largest absolute Gasteiger partial charge is 0.417 e. The van der Waals surface area contributed by atoms with Crippen LogP contribution in [-0.2, 0) is 12.6 Å². The molecule has 0 spiro atoms. The molecule has 1 aromatic carbocycles. The Morgan fingerprint density at radius 2 is 1.71 bits per heavy atom. The molecule has 0 aliphatic rings. The molecule has 0 aromatic heterocycles. The zero-order valence-electron chi connectivity index (χ0n) is 8.49. The zero-order valence-corrected chi connectivity index (χ0v) is 9.25. The Hall–Kier alpha value is -0.880. The fourth-order valence-electron chi connectivity index (χ4n) is 1.27. The monoisotopic (exact) mass is 273 g/mol. The number of alkyl halides is 5. The Kier molecular flexibility index (Phi) is 3.99. The number of halogens is 6. The third-order valence-corrected chi connectivity index (χ3v) is 2.41. The molecule has 0 radical (unpaired) electrons. The summed E-state index contributed by atoms with van der Waals surface area (Å²) in [7, 11) is 0. The Morgan fingerprint density at radius 1 is 1.12 bits per heavy atom. The fourth-order valence-corrected chi connectivity index (χ4v) is 1.58. The normalized spacial score (nSPS) is 12.9. The third kappa shape index (κ3) is 3.81. The Balaban J connectivity index is 2.98. The lowest BCUT2D eigenvalue weighted by atomic mass is 10.0. The summed E-state index contributed by atoms with van der Waals surface area (Å²) in [5.74, 6) is -3.15. The highest BCUT2D eigenvalue weighted by Crippen LogP contribution is 2.35. The number of hydrogen-bond donors (Lipinski definition) is 1. The Morgan fingerprint density at radius 3 is 2.12 bits per heavy atom. The van der Waals surface area contributed by atoms with Crippen molar-refractivity contribution < 1.29 is 22.0 Å². The summed E-state index contributed by atoms with van der Waals surface area (Å²) in [5.41, 5.74) is 3.80. The van der Waals surface area contributed by atoms with Crippen molar-refractivity contribution in [1.82, 2.24) is 0 Å². The van der Waals surface area contributed by atoms with Crippen LogP contribution in [0.25, 0.3) is 0 Å². The number of nitrogens with two attached hydrogens (primary N) is 1. The van der Waals surface area contributed by atoms with E-state index in [1.807, 2.05) is 0 Å². The van der Waals surface area contributed by atoms with Gasteiger partial charge in [-0.05, 0) is 17.7 Å². The zero-order chi connectivity index (χ0) is 13.3. The lowest BCUT2D eigenvalue weighted by molar-refractivity contribution is -0.137. The van der Waals surface area contributed by atoms with Gasteiger partial charge in [0.25, 0.3) is 5.92 Å². The molecule has 96 valence electrons. The van der Waals surface area contributed by atoms with Gasteiger partial charge in [0.15, 0.2) is 0 Å². The van der Waals surface area contributed by atoms with E-state index in [1.54, 1.807) is 0 Å². The molecule has 0 fully saturated rings. The van der Waals surface area contributed by atoms with Crippen molar-refractivity contribution in [1.29, 1.82) is 0 Å². The minimum atomic E-state index is -4.59. The molecule has 0 atom stereocenters. The van der Waals surface area contributed by atoms with Gasteiger partial charge in [0.05, 0.1) is 17.1 Å². The van der Waals surface area contributed by atoms with Crippen molar-refractivity contribution in [2.75, 3.05) is 6.54 Å². The van der Waals surface area contributed by atoms with Crippen LogP contribution in [-0.4, -0.2) is 12.5 Å². The molecule has 1 rings (SSSR count). The van der Waals surface area contributed by atoms with Gasteiger partial charge in [-0.3, -0.25) is 0 Å². The summed E-state index contributed by atoms with van der Waals surface area (Å²) in [6.07, 6.45) is -5.33. The maximum absolute atomic E-state index is 12.9. The molecule has 0 saturated carbocycles. The highest BCUT2D eigenvalue weighted by atomic mass is 35.5. The van der Waals surface area contributed by atoms with Crippen LogP contribution in [0, 0.1) is 0 Å². The predicted molar refractivity (Wildman–Crippen MR) is 54.2 cm³/mol. The molecule has 0 amide bonds. The van der Waals surface area contributed by atoms with E-state index < -0.39 is 35.7 Å². The highest BCUT2D eigenvalue weighted by Gasteiger charge is 2.34. The van der Waals surface area contributed by atoms with Crippen LogP contribution in [0.2, 0.25) is 5.02 Å². The summed E-state index contributed by atoms with van der Waals surface area (Å²) < 4.78 is 62.8. The molecular formula is C10H9ClF5N. The Labute approximate surface area is 99.4 Å². The lowest BCUT2D eigenvalue weighted by Gasteiger charge is -2.15. The minimum Gasteiger partial charge on any atom is -0.325 e. The summed E-state index contributed by atoms with van der Waals surface area (Å²) >= 11 is 5.39. The first-order valence-corrected chi connectivity index (χ1v) is 4.97. The molecule has 1 aromatic rings. The average Bonchev–Trinajstić information content (AvgIpc) is 2.15. The van der Waals surface area contributed by atoms with E-state index in [-0.39, 0.29) is 5.56 Å². The van der Waals surface area contributed by atoms with E-state index in [9.17, 15) is 22.0 Å². The quantitative estimate of drug-likeness (QED) is 0.838. The van der Waals surface area contributed by atoms with Crippen LogP contribution in [0.1, 0.15) is 11.1 Å². The smallest absolute Gasteiger partial charge is 0.325 e. The van der Waals surface area contributed by atoms with Crippen LogP contribution >= 0.6 is 11.6 Å². The number of rotatable bonds is 3. The molecule has 2 N–H and O–H groups in total. The average molecular weight is 274 g/mol. The van der Waals surface area contributed by atoms with Crippen LogP contribution in [0.5, 0.6) is 0 Å². The lowest BCUT2D eigenvalue weighted by Crippen LogP contribution is -2.30. The molecular weight excluding hydrogens is 265 g/mol. The molecule has 1 nitrogen and oxygen atoms in total. The maximum atomic E-state index is 12.9. The first-order valence-electron chi connectivity index (χ1n) is 4.59. The molecule has 7 heteroatoms. The van der Waals surface area contributed by atoms with Crippen LogP contribution < -0.4 is 5.73 Å². The van der Waals surface area contributed by atoms with E-state index >= 15 is 0 Å². The Bertz CT molecular complexity index is 402. The SMILES string of the molecule is NCC(F)(F)Cc1ccc(C(F)(F)F)c(Cl)c1. The predicted octanol–water partition coefficient (Wildman–Crippen LogP) is 3.50. The highest BCUT2D eigenvalue weighted by molar-refractivity contribution is 6.31. The van der Waals surface area contributed by atoms with E-state index in [4.69, 9.17) is 17.3 Å². The summed E-state index contributed by atoms with van der Waals surface area (Å²) in [4.78, 5) is 0. The molecule has 0 heterocycles.